The van der Waals surface area contributed by atoms with Crippen molar-refractivity contribution in [2.24, 2.45) is 0 Å². The summed E-state index contributed by atoms with van der Waals surface area (Å²) in [5.41, 5.74) is 3.56. The molecule has 0 atom stereocenters. The van der Waals surface area contributed by atoms with Gasteiger partial charge in [-0.1, -0.05) is 12.1 Å². The first-order valence-electron chi connectivity index (χ1n) is 5.69. The van der Waals surface area contributed by atoms with Gasteiger partial charge in [0.1, 0.15) is 0 Å². The number of nitrogens with one attached hydrogen (secondary N) is 1. The van der Waals surface area contributed by atoms with Crippen LogP contribution in [0.5, 0.6) is 0 Å². The van der Waals surface area contributed by atoms with Crippen LogP contribution in [0.2, 0.25) is 0 Å². The Morgan fingerprint density at radius 2 is 2.19 bits per heavy atom. The number of aromatic nitrogens is 2. The molecular weight excluding hydrogens is 198 g/mol. The molecule has 16 heavy (non-hydrogen) atoms. The highest BCUT2D eigenvalue weighted by molar-refractivity contribution is 5.66. The lowest BCUT2D eigenvalue weighted by molar-refractivity contribution is 0.642. The van der Waals surface area contributed by atoms with Crippen molar-refractivity contribution in [3.05, 3.63) is 36.7 Å². The van der Waals surface area contributed by atoms with Crippen LogP contribution in [0.4, 0.5) is 5.69 Å². The van der Waals surface area contributed by atoms with E-state index in [2.05, 4.69) is 45.6 Å². The van der Waals surface area contributed by atoms with Crippen LogP contribution >= 0.6 is 0 Å². The summed E-state index contributed by atoms with van der Waals surface area (Å²) in [5, 5.41) is 7.56. The Morgan fingerprint density at radius 3 is 2.94 bits per heavy atom. The van der Waals surface area contributed by atoms with E-state index in [0.717, 1.165) is 5.69 Å². The van der Waals surface area contributed by atoms with Crippen LogP contribution in [-0.4, -0.2) is 16.8 Å². The molecule has 0 bridgehead atoms. The molecule has 2 aromatic rings. The van der Waals surface area contributed by atoms with Gasteiger partial charge in [0.05, 0.1) is 12.2 Å². The highest BCUT2D eigenvalue weighted by Crippen LogP contribution is 2.35. The zero-order valence-corrected chi connectivity index (χ0v) is 9.35. The topological polar surface area (TPSA) is 29.9 Å². The first-order valence-corrected chi connectivity index (χ1v) is 5.69. The van der Waals surface area contributed by atoms with E-state index in [1.165, 1.54) is 24.0 Å². The first-order chi connectivity index (χ1) is 7.86. The summed E-state index contributed by atoms with van der Waals surface area (Å²) < 4.78 is 2.08. The van der Waals surface area contributed by atoms with Gasteiger partial charge in [-0.15, -0.1) is 0 Å². The van der Waals surface area contributed by atoms with Crippen molar-refractivity contribution in [2.75, 3.05) is 12.4 Å². The zero-order valence-electron chi connectivity index (χ0n) is 9.35. The molecular formula is C13H15N3. The smallest absolute Gasteiger partial charge is 0.0568 e. The maximum Gasteiger partial charge on any atom is 0.0568 e. The zero-order chi connectivity index (χ0) is 11.0. The van der Waals surface area contributed by atoms with Crippen LogP contribution in [0.3, 0.4) is 0 Å². The van der Waals surface area contributed by atoms with Gasteiger partial charge in [-0.25, -0.2) is 0 Å². The van der Waals surface area contributed by atoms with Crippen LogP contribution in [0.15, 0.2) is 36.7 Å². The molecule has 0 amide bonds. The summed E-state index contributed by atoms with van der Waals surface area (Å²) in [7, 11) is 1.94. The molecule has 3 nitrogen and oxygen atoms in total. The monoisotopic (exact) mass is 213 g/mol. The lowest BCUT2D eigenvalue weighted by Gasteiger charge is -2.02. The van der Waals surface area contributed by atoms with Gasteiger partial charge in [-0.05, 0) is 30.5 Å². The van der Waals surface area contributed by atoms with E-state index in [1.54, 1.807) is 0 Å². The second-order valence-corrected chi connectivity index (χ2v) is 4.27. The minimum atomic E-state index is 0.654. The van der Waals surface area contributed by atoms with Crippen molar-refractivity contribution >= 4 is 5.69 Å². The Labute approximate surface area is 95.1 Å². The average molecular weight is 213 g/mol. The predicted octanol–water partition coefficient (Wildman–Crippen LogP) is 2.93. The first kappa shape index (κ1) is 9.46. The van der Waals surface area contributed by atoms with E-state index < -0.39 is 0 Å². The van der Waals surface area contributed by atoms with Crippen LogP contribution < -0.4 is 5.32 Å². The number of anilines is 1. The molecule has 1 aliphatic carbocycles. The molecule has 0 unspecified atom stereocenters. The molecule has 1 aromatic carbocycles. The van der Waals surface area contributed by atoms with E-state index in [0.29, 0.717) is 6.04 Å². The molecule has 0 spiro atoms. The summed E-state index contributed by atoms with van der Waals surface area (Å²) in [4.78, 5) is 0. The standard InChI is InChI=1S/C13H15N3/c1-14-12-4-2-3-10(7-12)11-8-15-16(9-11)13-5-6-13/h2-4,7-9,13-14H,5-6H2,1H3. The van der Waals surface area contributed by atoms with Gasteiger partial charge in [0.25, 0.3) is 0 Å². The number of nitrogens with zero attached hydrogens (tertiary/aromatic N) is 2. The van der Waals surface area contributed by atoms with Crippen LogP contribution in [0, 0.1) is 0 Å². The highest BCUT2D eigenvalue weighted by atomic mass is 15.3. The maximum absolute atomic E-state index is 4.41. The molecule has 1 N–H and O–H groups in total. The molecule has 1 heterocycles. The van der Waals surface area contributed by atoms with E-state index in [9.17, 15) is 0 Å². The SMILES string of the molecule is CNc1cccc(-c2cnn(C3CC3)c2)c1. The molecule has 0 aliphatic heterocycles. The Hall–Kier alpha value is -1.77. The van der Waals surface area contributed by atoms with Crippen LogP contribution in [0.1, 0.15) is 18.9 Å². The van der Waals surface area contributed by atoms with Crippen molar-refractivity contribution in [3.8, 4) is 11.1 Å². The Kier molecular flexibility index (Phi) is 2.17. The average Bonchev–Trinajstić information content (AvgIpc) is 3.07. The molecule has 1 aromatic heterocycles. The Morgan fingerprint density at radius 1 is 1.31 bits per heavy atom. The lowest BCUT2D eigenvalue weighted by atomic mass is 10.1. The van der Waals surface area contributed by atoms with E-state index in [-0.39, 0.29) is 0 Å². The van der Waals surface area contributed by atoms with Crippen molar-refractivity contribution < 1.29 is 0 Å². The van der Waals surface area contributed by atoms with Crippen LogP contribution in [0.25, 0.3) is 11.1 Å². The third-order valence-electron chi connectivity index (χ3n) is 3.01. The predicted molar refractivity (Wildman–Crippen MR) is 65.5 cm³/mol. The molecule has 3 rings (SSSR count). The van der Waals surface area contributed by atoms with Crippen molar-refractivity contribution in [1.29, 1.82) is 0 Å². The largest absolute Gasteiger partial charge is 0.388 e. The van der Waals surface area contributed by atoms with Crippen molar-refractivity contribution in [3.63, 3.8) is 0 Å². The molecule has 1 aliphatic rings. The summed E-state index contributed by atoms with van der Waals surface area (Å²) in [5.74, 6) is 0. The molecule has 0 radical (unpaired) electrons. The molecule has 82 valence electrons. The summed E-state index contributed by atoms with van der Waals surface area (Å²) in [6, 6.07) is 9.05. The van der Waals surface area contributed by atoms with Gasteiger partial charge in [-0.2, -0.15) is 5.10 Å². The van der Waals surface area contributed by atoms with E-state index in [1.807, 2.05) is 13.2 Å². The van der Waals surface area contributed by atoms with Crippen molar-refractivity contribution in [2.45, 2.75) is 18.9 Å². The quantitative estimate of drug-likeness (QED) is 0.849. The minimum absolute atomic E-state index is 0.654. The lowest BCUT2D eigenvalue weighted by Crippen LogP contribution is -1.92. The van der Waals surface area contributed by atoms with Gasteiger partial charge in [0.2, 0.25) is 0 Å². The molecule has 0 saturated heterocycles. The highest BCUT2D eigenvalue weighted by Gasteiger charge is 2.24. The fourth-order valence-electron chi connectivity index (χ4n) is 1.88. The van der Waals surface area contributed by atoms with Gasteiger partial charge in [-0.3, -0.25) is 4.68 Å². The summed E-state index contributed by atoms with van der Waals surface area (Å²) >= 11 is 0. The second kappa shape index (κ2) is 3.67. The number of hydrogen-bond acceptors (Lipinski definition) is 2. The Balaban J connectivity index is 1.93. The number of benzene rings is 1. The second-order valence-electron chi connectivity index (χ2n) is 4.27. The van der Waals surface area contributed by atoms with Gasteiger partial charge >= 0.3 is 0 Å². The maximum atomic E-state index is 4.41. The van der Waals surface area contributed by atoms with E-state index in [4.69, 9.17) is 0 Å². The van der Waals surface area contributed by atoms with Gasteiger partial charge in [0.15, 0.2) is 0 Å². The van der Waals surface area contributed by atoms with Crippen LogP contribution in [-0.2, 0) is 0 Å². The summed E-state index contributed by atoms with van der Waals surface area (Å²) in [6.07, 6.45) is 6.65. The number of hydrogen-bond donors (Lipinski definition) is 1. The third kappa shape index (κ3) is 1.69. The van der Waals surface area contributed by atoms with Crippen molar-refractivity contribution in [1.82, 2.24) is 9.78 Å². The Bertz CT molecular complexity index is 497. The van der Waals surface area contributed by atoms with Gasteiger partial charge < -0.3 is 5.32 Å². The normalized spacial score (nSPS) is 15.1. The minimum Gasteiger partial charge on any atom is -0.388 e. The number of rotatable bonds is 3. The van der Waals surface area contributed by atoms with Gasteiger partial charge in [0, 0.05) is 24.5 Å². The molecule has 1 fully saturated rings. The summed E-state index contributed by atoms with van der Waals surface area (Å²) in [6.45, 7) is 0. The molecule has 1 saturated carbocycles. The molecule has 3 heteroatoms. The van der Waals surface area contributed by atoms with E-state index >= 15 is 0 Å². The fourth-order valence-corrected chi connectivity index (χ4v) is 1.88. The third-order valence-corrected chi connectivity index (χ3v) is 3.01. The fraction of sp³-hybridized carbons (Fsp3) is 0.308.